The number of amides is 2. The van der Waals surface area contributed by atoms with E-state index >= 15 is 0 Å². The number of carbonyl (C=O) groups excluding carboxylic acids is 2. The minimum absolute atomic E-state index is 0.0327. The van der Waals surface area contributed by atoms with Crippen molar-refractivity contribution >= 4 is 11.8 Å². The van der Waals surface area contributed by atoms with E-state index in [-0.39, 0.29) is 25.7 Å². The van der Waals surface area contributed by atoms with Gasteiger partial charge in [-0.2, -0.15) is 0 Å². The Balaban J connectivity index is 1.50. The maximum Gasteiger partial charge on any atom is 0.247 e. The Labute approximate surface area is 241 Å². The second-order valence-corrected chi connectivity index (χ2v) is 11.4. The van der Waals surface area contributed by atoms with Crippen LogP contribution in [0.5, 0.6) is 11.5 Å². The summed E-state index contributed by atoms with van der Waals surface area (Å²) in [5.41, 5.74) is 1.59. The Bertz CT molecular complexity index is 1120. The third-order valence-corrected chi connectivity index (χ3v) is 8.87. The van der Waals surface area contributed by atoms with Gasteiger partial charge in [0.05, 0.1) is 45.5 Å². The van der Waals surface area contributed by atoms with Crippen LogP contribution >= 0.6 is 0 Å². The Kier molecular flexibility index (Phi) is 9.82. The van der Waals surface area contributed by atoms with Crippen molar-refractivity contribution in [2.24, 2.45) is 5.92 Å². The summed E-state index contributed by atoms with van der Waals surface area (Å²) in [6, 6.07) is 2.66. The Morgan fingerprint density at radius 1 is 1.17 bits per heavy atom. The van der Waals surface area contributed by atoms with Gasteiger partial charge >= 0.3 is 0 Å². The molecule has 2 aliphatic heterocycles. The van der Waals surface area contributed by atoms with Crippen LogP contribution < -0.4 is 14.8 Å². The Hall–Kier alpha value is -2.70. The molecule has 2 amide bonds. The summed E-state index contributed by atoms with van der Waals surface area (Å²) in [6.07, 6.45) is 4.47. The van der Waals surface area contributed by atoms with Crippen LogP contribution in [-0.2, 0) is 20.9 Å². The molecule has 2 fully saturated rings. The van der Waals surface area contributed by atoms with E-state index in [9.17, 15) is 24.9 Å². The number of morpholine rings is 1. The number of carbonyl (C=O) groups is 2. The molecule has 0 spiro atoms. The van der Waals surface area contributed by atoms with E-state index in [2.05, 4.69) is 10.2 Å². The molecule has 1 aromatic rings. The summed E-state index contributed by atoms with van der Waals surface area (Å²) < 4.78 is 17.4. The van der Waals surface area contributed by atoms with Crippen molar-refractivity contribution in [1.29, 1.82) is 0 Å². The van der Waals surface area contributed by atoms with Crippen LogP contribution in [0.2, 0.25) is 0 Å². The van der Waals surface area contributed by atoms with Crippen LogP contribution in [0.3, 0.4) is 0 Å². The second kappa shape index (κ2) is 13.5. The van der Waals surface area contributed by atoms with Crippen molar-refractivity contribution in [3.8, 4) is 11.5 Å². The first-order valence-corrected chi connectivity index (χ1v) is 14.8. The smallest absolute Gasteiger partial charge is 0.247 e. The van der Waals surface area contributed by atoms with Gasteiger partial charge in [-0.25, -0.2) is 0 Å². The molecule has 2 heterocycles. The number of nitrogens with zero attached hydrogens (tertiary/aromatic N) is 2. The summed E-state index contributed by atoms with van der Waals surface area (Å²) in [5, 5.41) is 33.8. The average Bonchev–Trinajstić information content (AvgIpc) is 3.65. The van der Waals surface area contributed by atoms with Crippen molar-refractivity contribution in [1.82, 2.24) is 15.1 Å². The molecular weight excluding hydrogens is 530 g/mol. The number of rotatable bonds is 11. The Morgan fingerprint density at radius 2 is 1.93 bits per heavy atom. The van der Waals surface area contributed by atoms with Crippen LogP contribution in [0, 0.1) is 5.92 Å². The van der Waals surface area contributed by atoms with Crippen LogP contribution in [0.15, 0.2) is 23.8 Å². The molecule has 0 aromatic heterocycles. The van der Waals surface area contributed by atoms with Crippen molar-refractivity contribution in [3.05, 3.63) is 34.9 Å². The standard InChI is InChI=1S/C30H43N3O8/c1-39-24-15-20(18-35)14-21-26-22(30(38)31-6-11-34)17-23(27(37)29(26)41-28(21)24)33(8-7-32-9-12-40-13-10-32)25(36)16-19-4-2-3-5-19/h14-15,17,19,23,26-27,29,34-35,37H,2-13,16,18H2,1H3,(H,31,38)/t23-,26+,27+,29+/m1/s1. The summed E-state index contributed by atoms with van der Waals surface area (Å²) in [4.78, 5) is 31.4. The number of benzene rings is 1. The van der Waals surface area contributed by atoms with Crippen LogP contribution in [0.25, 0.3) is 0 Å². The molecular formula is C30H43N3O8. The normalized spacial score (nSPS) is 26.1. The summed E-state index contributed by atoms with van der Waals surface area (Å²) in [6.45, 7) is 3.49. The molecule has 4 aliphatic rings. The third-order valence-electron chi connectivity index (χ3n) is 8.87. The molecule has 1 saturated heterocycles. The quantitative estimate of drug-likeness (QED) is 0.299. The second-order valence-electron chi connectivity index (χ2n) is 11.4. The monoisotopic (exact) mass is 573 g/mol. The lowest BCUT2D eigenvalue weighted by atomic mass is 9.77. The number of fused-ring (bicyclic) bond motifs is 3. The lowest BCUT2D eigenvalue weighted by Gasteiger charge is -2.41. The van der Waals surface area contributed by atoms with E-state index < -0.39 is 30.1 Å². The van der Waals surface area contributed by atoms with E-state index in [0.717, 1.165) is 38.8 Å². The largest absolute Gasteiger partial charge is 0.493 e. The first-order chi connectivity index (χ1) is 19.9. The molecule has 11 heteroatoms. The molecule has 2 aliphatic carbocycles. The van der Waals surface area contributed by atoms with Crippen LogP contribution in [0.1, 0.15) is 49.1 Å². The van der Waals surface area contributed by atoms with Crippen LogP contribution in [0.4, 0.5) is 0 Å². The molecule has 1 aromatic carbocycles. The molecule has 4 N–H and O–H groups in total. The molecule has 5 rings (SSSR count). The topological polar surface area (TPSA) is 141 Å². The van der Waals surface area contributed by atoms with Crippen molar-refractivity contribution in [3.63, 3.8) is 0 Å². The molecule has 4 atom stereocenters. The van der Waals surface area contributed by atoms with E-state index in [1.165, 1.54) is 7.11 Å². The van der Waals surface area contributed by atoms with E-state index in [1.807, 2.05) is 0 Å². The van der Waals surface area contributed by atoms with E-state index in [4.69, 9.17) is 14.2 Å². The molecule has 0 radical (unpaired) electrons. The summed E-state index contributed by atoms with van der Waals surface area (Å²) in [7, 11) is 1.50. The highest BCUT2D eigenvalue weighted by Gasteiger charge is 2.51. The Morgan fingerprint density at radius 3 is 2.61 bits per heavy atom. The zero-order valence-electron chi connectivity index (χ0n) is 23.8. The highest BCUT2D eigenvalue weighted by molar-refractivity contribution is 5.96. The maximum absolute atomic E-state index is 13.9. The van der Waals surface area contributed by atoms with Gasteiger partial charge in [-0.1, -0.05) is 12.8 Å². The number of methoxy groups -OCH3 is 1. The lowest BCUT2D eigenvalue weighted by Crippen LogP contribution is -2.57. The molecule has 11 nitrogen and oxygen atoms in total. The first-order valence-electron chi connectivity index (χ1n) is 14.8. The predicted molar refractivity (Wildman–Crippen MR) is 150 cm³/mol. The fraction of sp³-hybridized carbons (Fsp3) is 0.667. The minimum Gasteiger partial charge on any atom is -0.493 e. The molecule has 0 bridgehead atoms. The van der Waals surface area contributed by atoms with Crippen molar-refractivity contribution < 1.29 is 39.1 Å². The molecule has 226 valence electrons. The number of aliphatic hydroxyl groups excluding tert-OH is 3. The highest BCUT2D eigenvalue weighted by Crippen LogP contribution is 2.51. The molecule has 0 unspecified atom stereocenters. The van der Waals surface area contributed by atoms with Gasteiger partial charge in [0, 0.05) is 50.3 Å². The molecule has 1 saturated carbocycles. The SMILES string of the molecule is COc1cc(CO)cc2c1O[C@@H]1[C@@H](O)[C@H](N(CCN3CCOCC3)C(=O)CC3CCCC3)C=C(C(=O)NCCO)[C@H]21. The van der Waals surface area contributed by atoms with Crippen molar-refractivity contribution in [2.45, 2.75) is 62.9 Å². The fourth-order valence-electron chi connectivity index (χ4n) is 6.71. The van der Waals surface area contributed by atoms with Gasteiger partial charge in [0.2, 0.25) is 11.8 Å². The van der Waals surface area contributed by atoms with E-state index in [0.29, 0.717) is 66.8 Å². The summed E-state index contributed by atoms with van der Waals surface area (Å²) in [5.74, 6) is 0.0771. The van der Waals surface area contributed by atoms with E-state index in [1.54, 1.807) is 23.1 Å². The predicted octanol–water partition coefficient (Wildman–Crippen LogP) is 0.551. The number of nitrogens with one attached hydrogen (secondary N) is 1. The van der Waals surface area contributed by atoms with Gasteiger partial charge in [0.1, 0.15) is 12.2 Å². The van der Waals surface area contributed by atoms with Gasteiger partial charge in [-0.15, -0.1) is 0 Å². The average molecular weight is 574 g/mol. The van der Waals surface area contributed by atoms with Crippen LogP contribution in [-0.4, -0.2) is 115 Å². The number of hydrogen-bond donors (Lipinski definition) is 4. The van der Waals surface area contributed by atoms with Gasteiger partial charge in [0.25, 0.3) is 0 Å². The highest BCUT2D eigenvalue weighted by atomic mass is 16.5. The number of hydrogen-bond acceptors (Lipinski definition) is 9. The number of aliphatic hydroxyl groups is 3. The van der Waals surface area contributed by atoms with Gasteiger partial charge < -0.3 is 39.7 Å². The molecule has 41 heavy (non-hydrogen) atoms. The number of ether oxygens (including phenoxy) is 3. The zero-order chi connectivity index (χ0) is 28.9. The fourth-order valence-corrected chi connectivity index (χ4v) is 6.71. The van der Waals surface area contributed by atoms with Crippen molar-refractivity contribution in [2.75, 3.05) is 59.7 Å². The minimum atomic E-state index is -1.11. The van der Waals surface area contributed by atoms with Gasteiger partial charge in [0.15, 0.2) is 11.5 Å². The zero-order valence-corrected chi connectivity index (χ0v) is 23.8. The first kappa shape index (κ1) is 29.8. The third kappa shape index (κ3) is 6.39. The lowest BCUT2D eigenvalue weighted by molar-refractivity contribution is -0.138. The summed E-state index contributed by atoms with van der Waals surface area (Å²) >= 11 is 0. The van der Waals surface area contributed by atoms with Gasteiger partial charge in [-0.05, 0) is 42.5 Å². The maximum atomic E-state index is 13.9. The van der Waals surface area contributed by atoms with Gasteiger partial charge in [-0.3, -0.25) is 14.5 Å².